The highest BCUT2D eigenvalue weighted by Gasteiger charge is 2.38. The van der Waals surface area contributed by atoms with E-state index in [9.17, 15) is 22.4 Å². The van der Waals surface area contributed by atoms with E-state index < -0.39 is 18.0 Å². The fourth-order valence-electron chi connectivity index (χ4n) is 4.09. The molecular formula is C22H23F4N7O3. The second-order valence-electron chi connectivity index (χ2n) is 8.19. The minimum absolute atomic E-state index is 0.133. The number of aryl methyl sites for hydroxylation is 1. The van der Waals surface area contributed by atoms with Gasteiger partial charge >= 0.3 is 18.2 Å². The van der Waals surface area contributed by atoms with E-state index in [-0.39, 0.29) is 11.7 Å². The molecule has 0 bridgehead atoms. The van der Waals surface area contributed by atoms with Crippen LogP contribution in [0.1, 0.15) is 11.3 Å². The number of anilines is 3. The molecule has 5 heterocycles. The summed E-state index contributed by atoms with van der Waals surface area (Å²) >= 11 is 0. The number of carbonyl (C=O) groups is 2. The largest absolute Gasteiger partial charge is 0.490 e. The van der Waals surface area contributed by atoms with Crippen LogP contribution in [0.15, 0.2) is 30.6 Å². The van der Waals surface area contributed by atoms with Crippen molar-refractivity contribution < 1.29 is 32.3 Å². The summed E-state index contributed by atoms with van der Waals surface area (Å²) in [5.74, 6) is -2.64. The smallest absolute Gasteiger partial charge is 0.475 e. The molecule has 1 fully saturated rings. The second kappa shape index (κ2) is 9.97. The third-order valence-corrected chi connectivity index (χ3v) is 5.71. The Morgan fingerprint density at radius 1 is 1.17 bits per heavy atom. The lowest BCUT2D eigenvalue weighted by atomic mass is 10.1. The second-order valence-corrected chi connectivity index (χ2v) is 8.19. The summed E-state index contributed by atoms with van der Waals surface area (Å²) in [7, 11) is 0. The third-order valence-electron chi connectivity index (χ3n) is 5.71. The molecule has 10 nitrogen and oxygen atoms in total. The standard InChI is InChI=1S/C20H22FN7O.C2HF3O2/c1-13-10-14-11-17(16(21)12-28(14)25-13)24-20(29)27-7-3-15-18(2-4-23-19(15)27)26-8-5-22-6-9-26;3-2(4,5)1(6)7/h2,4,10-12,22H,3,5-9H2,1H3,(H,24,29);(H,6,7). The Kier molecular flexibility index (Phi) is 6.97. The zero-order valence-electron chi connectivity index (χ0n) is 19.1. The monoisotopic (exact) mass is 509 g/mol. The van der Waals surface area contributed by atoms with Crippen molar-refractivity contribution in [2.75, 3.05) is 47.8 Å². The highest BCUT2D eigenvalue weighted by Crippen LogP contribution is 2.34. The Bertz CT molecular complexity index is 1290. The summed E-state index contributed by atoms with van der Waals surface area (Å²) in [4.78, 5) is 30.2. The fourth-order valence-corrected chi connectivity index (χ4v) is 4.09. The van der Waals surface area contributed by atoms with Gasteiger partial charge in [0, 0.05) is 50.2 Å². The van der Waals surface area contributed by atoms with Gasteiger partial charge in [0.15, 0.2) is 5.82 Å². The average molecular weight is 509 g/mol. The number of hydrogen-bond acceptors (Lipinski definition) is 6. The maximum Gasteiger partial charge on any atom is 0.490 e. The molecule has 0 unspecified atom stereocenters. The molecule has 36 heavy (non-hydrogen) atoms. The number of carbonyl (C=O) groups excluding carboxylic acids is 1. The predicted octanol–water partition coefficient (Wildman–Crippen LogP) is 2.81. The van der Waals surface area contributed by atoms with Crippen LogP contribution in [0.5, 0.6) is 0 Å². The van der Waals surface area contributed by atoms with Gasteiger partial charge in [0.25, 0.3) is 0 Å². The molecule has 1 saturated heterocycles. The molecule has 2 amide bonds. The van der Waals surface area contributed by atoms with Crippen molar-refractivity contribution in [3.63, 3.8) is 0 Å². The predicted molar refractivity (Wildman–Crippen MR) is 123 cm³/mol. The number of rotatable bonds is 2. The number of aromatic nitrogens is 3. The van der Waals surface area contributed by atoms with Crippen molar-refractivity contribution in [2.45, 2.75) is 19.5 Å². The third kappa shape index (κ3) is 5.32. The maximum atomic E-state index is 14.5. The van der Waals surface area contributed by atoms with Crippen molar-refractivity contribution in [3.05, 3.63) is 47.7 Å². The van der Waals surface area contributed by atoms with Crippen molar-refractivity contribution in [2.24, 2.45) is 0 Å². The number of amides is 2. The number of nitrogens with zero attached hydrogens (tertiary/aromatic N) is 5. The molecule has 0 aliphatic carbocycles. The summed E-state index contributed by atoms with van der Waals surface area (Å²) < 4.78 is 47.7. The fraction of sp³-hybridized carbons (Fsp3) is 0.364. The summed E-state index contributed by atoms with van der Waals surface area (Å²) in [6.45, 7) is 6.10. The number of alkyl halides is 3. The first-order chi connectivity index (χ1) is 17.0. The number of hydrogen-bond donors (Lipinski definition) is 3. The Morgan fingerprint density at radius 3 is 2.53 bits per heavy atom. The summed E-state index contributed by atoms with van der Waals surface area (Å²) in [6.07, 6.45) is -1.33. The zero-order chi connectivity index (χ0) is 26.0. The first kappa shape index (κ1) is 25.2. The quantitative estimate of drug-likeness (QED) is 0.455. The number of piperazine rings is 1. The van der Waals surface area contributed by atoms with Gasteiger partial charge in [-0.05, 0) is 31.5 Å². The summed E-state index contributed by atoms with van der Waals surface area (Å²) in [5.41, 5.74) is 3.85. The van der Waals surface area contributed by atoms with E-state index in [4.69, 9.17) is 9.90 Å². The van der Waals surface area contributed by atoms with Gasteiger partial charge in [-0.1, -0.05) is 0 Å². The number of carboxylic acid groups (broad SMARTS) is 1. The SMILES string of the molecule is Cc1cc2cc(NC(=O)N3CCc4c(N5CCNCC5)ccnc43)c(F)cn2n1.O=C(O)C(F)(F)F. The van der Waals surface area contributed by atoms with Crippen molar-refractivity contribution >= 4 is 34.7 Å². The highest BCUT2D eigenvalue weighted by atomic mass is 19.4. The van der Waals surface area contributed by atoms with Gasteiger partial charge in [-0.15, -0.1) is 0 Å². The van der Waals surface area contributed by atoms with Crippen LogP contribution in [-0.4, -0.2) is 70.6 Å². The van der Waals surface area contributed by atoms with Crippen molar-refractivity contribution in [1.29, 1.82) is 0 Å². The van der Waals surface area contributed by atoms with Gasteiger partial charge in [-0.25, -0.2) is 23.5 Å². The van der Waals surface area contributed by atoms with Gasteiger partial charge in [0.2, 0.25) is 0 Å². The zero-order valence-corrected chi connectivity index (χ0v) is 19.1. The lowest BCUT2D eigenvalue weighted by molar-refractivity contribution is -0.192. The maximum absolute atomic E-state index is 14.5. The van der Waals surface area contributed by atoms with Crippen LogP contribution >= 0.6 is 0 Å². The van der Waals surface area contributed by atoms with Crippen LogP contribution in [0, 0.1) is 12.7 Å². The van der Waals surface area contributed by atoms with E-state index in [1.165, 1.54) is 10.7 Å². The van der Waals surface area contributed by atoms with Crippen LogP contribution in [0.2, 0.25) is 0 Å². The summed E-state index contributed by atoms with van der Waals surface area (Å²) in [5, 5.41) is 17.4. The average Bonchev–Trinajstić information content (AvgIpc) is 3.42. The molecular weight excluding hydrogens is 486 g/mol. The molecule has 0 atom stereocenters. The van der Waals surface area contributed by atoms with E-state index in [2.05, 4.69) is 25.6 Å². The van der Waals surface area contributed by atoms with Crippen LogP contribution in [0.3, 0.4) is 0 Å². The molecule has 0 radical (unpaired) electrons. The number of nitrogens with one attached hydrogen (secondary N) is 2. The van der Waals surface area contributed by atoms with Gasteiger partial charge in [-0.2, -0.15) is 18.3 Å². The number of urea groups is 1. The Morgan fingerprint density at radius 2 is 1.86 bits per heavy atom. The molecule has 3 N–H and O–H groups in total. The number of fused-ring (bicyclic) bond motifs is 2. The number of halogens is 4. The van der Waals surface area contributed by atoms with Gasteiger partial charge in [0.05, 0.1) is 23.1 Å². The molecule has 192 valence electrons. The number of pyridine rings is 2. The first-order valence-electron chi connectivity index (χ1n) is 11.0. The van der Waals surface area contributed by atoms with Crippen molar-refractivity contribution in [3.8, 4) is 0 Å². The van der Waals surface area contributed by atoms with Gasteiger partial charge in [-0.3, -0.25) is 4.90 Å². The molecule has 0 spiro atoms. The molecule has 14 heteroatoms. The van der Waals surface area contributed by atoms with Gasteiger partial charge < -0.3 is 20.6 Å². The molecule has 0 saturated carbocycles. The Hall–Kier alpha value is -3.94. The topological polar surface area (TPSA) is 115 Å². The summed E-state index contributed by atoms with van der Waals surface area (Å²) in [6, 6.07) is 5.06. The van der Waals surface area contributed by atoms with E-state index in [0.29, 0.717) is 12.4 Å². The Balaban J connectivity index is 0.000000384. The molecule has 2 aliphatic heterocycles. The molecule has 5 rings (SSSR count). The van der Waals surface area contributed by atoms with Crippen LogP contribution in [-0.2, 0) is 11.2 Å². The molecule has 2 aliphatic rings. The number of carboxylic acids is 1. The molecule has 0 aromatic carbocycles. The van der Waals surface area contributed by atoms with E-state index in [0.717, 1.165) is 55.1 Å². The minimum Gasteiger partial charge on any atom is -0.475 e. The van der Waals surface area contributed by atoms with Crippen LogP contribution < -0.4 is 20.4 Å². The van der Waals surface area contributed by atoms with E-state index in [1.807, 2.05) is 19.1 Å². The van der Waals surface area contributed by atoms with Crippen molar-refractivity contribution in [1.82, 2.24) is 19.9 Å². The molecule has 3 aromatic heterocycles. The Labute approximate surface area is 202 Å². The number of aliphatic carboxylic acids is 1. The van der Waals surface area contributed by atoms with Crippen LogP contribution in [0.25, 0.3) is 5.52 Å². The highest BCUT2D eigenvalue weighted by molar-refractivity contribution is 6.03. The lowest BCUT2D eigenvalue weighted by Gasteiger charge is -2.31. The van der Waals surface area contributed by atoms with E-state index >= 15 is 0 Å². The minimum atomic E-state index is -5.08. The van der Waals surface area contributed by atoms with Crippen LogP contribution in [0.4, 0.5) is 39.5 Å². The van der Waals surface area contributed by atoms with E-state index in [1.54, 1.807) is 17.2 Å². The molecule has 3 aromatic rings. The lowest BCUT2D eigenvalue weighted by Crippen LogP contribution is -2.43. The normalized spacial score (nSPS) is 15.4. The first-order valence-corrected chi connectivity index (χ1v) is 11.0. The van der Waals surface area contributed by atoms with Gasteiger partial charge in [0.1, 0.15) is 5.82 Å².